The van der Waals surface area contributed by atoms with E-state index in [0.29, 0.717) is 9.91 Å². The van der Waals surface area contributed by atoms with E-state index < -0.39 is 5.92 Å². The van der Waals surface area contributed by atoms with Crippen LogP contribution in [0.2, 0.25) is 0 Å². The number of hydrogen-bond acceptors (Lipinski definition) is 6. The number of thioether (sulfide) groups is 1. The van der Waals surface area contributed by atoms with Gasteiger partial charge in [0, 0.05) is 17.1 Å². The van der Waals surface area contributed by atoms with E-state index in [4.69, 9.17) is 5.41 Å². The number of rotatable bonds is 4. The lowest BCUT2D eigenvalue weighted by Crippen LogP contribution is -2.11. The van der Waals surface area contributed by atoms with Crippen LogP contribution in [0.4, 0.5) is 4.39 Å². The molecule has 148 valence electrons. The molecule has 0 radical (unpaired) electrons. The highest BCUT2D eigenvalue weighted by Gasteiger charge is 2.39. The lowest BCUT2D eigenvalue weighted by atomic mass is 10.1. The van der Waals surface area contributed by atoms with Gasteiger partial charge in [-0.3, -0.25) is 10.2 Å². The molecule has 1 atom stereocenters. The monoisotopic (exact) mass is 426 g/mol. The molecule has 1 aromatic carbocycles. The maximum atomic E-state index is 13.3. The fourth-order valence-electron chi connectivity index (χ4n) is 3.40. The lowest BCUT2D eigenvalue weighted by Gasteiger charge is -2.09. The van der Waals surface area contributed by atoms with Gasteiger partial charge < -0.3 is 4.57 Å². The summed E-state index contributed by atoms with van der Waals surface area (Å²) in [6.07, 6.45) is 2.60. The highest BCUT2D eigenvalue weighted by molar-refractivity contribution is 8.19. The molecule has 29 heavy (non-hydrogen) atoms. The molecule has 1 aliphatic heterocycles. The first kappa shape index (κ1) is 19.7. The van der Waals surface area contributed by atoms with Gasteiger partial charge in [-0.2, -0.15) is 0 Å². The molecule has 1 saturated heterocycles. The molecule has 3 heterocycles. The number of halogens is 1. The molecule has 1 unspecified atom stereocenters. The van der Waals surface area contributed by atoms with Gasteiger partial charge in [-0.15, -0.1) is 21.5 Å². The van der Waals surface area contributed by atoms with E-state index in [1.54, 1.807) is 12.1 Å². The standard InChI is InChI=1S/C21H19FN4OS2/c1-4-17-24-25-21(29-17)18-19(27)16(28-20(18)23)10-13-9-11(2)26(12(13)3)15-7-5-14(22)6-8-15/h5-10,18,23H,4H2,1-3H3. The van der Waals surface area contributed by atoms with Gasteiger partial charge >= 0.3 is 0 Å². The smallest absolute Gasteiger partial charge is 0.186 e. The summed E-state index contributed by atoms with van der Waals surface area (Å²) < 4.78 is 15.3. The number of ketones is 1. The van der Waals surface area contributed by atoms with Crippen LogP contribution in [0.1, 0.15) is 39.8 Å². The molecule has 8 heteroatoms. The van der Waals surface area contributed by atoms with Crippen LogP contribution in [0, 0.1) is 25.1 Å². The predicted molar refractivity (Wildman–Crippen MR) is 116 cm³/mol. The Kier molecular flexibility index (Phi) is 5.23. The lowest BCUT2D eigenvalue weighted by molar-refractivity contribution is -0.114. The fraction of sp³-hybridized carbons (Fsp3) is 0.238. The minimum Gasteiger partial charge on any atom is -0.318 e. The highest BCUT2D eigenvalue weighted by atomic mass is 32.2. The summed E-state index contributed by atoms with van der Waals surface area (Å²) in [5, 5.41) is 18.2. The molecule has 4 rings (SSSR count). The van der Waals surface area contributed by atoms with Crippen molar-refractivity contribution >= 4 is 40.0 Å². The summed E-state index contributed by atoms with van der Waals surface area (Å²) in [6.45, 7) is 5.93. The van der Waals surface area contributed by atoms with Crippen LogP contribution in [0.3, 0.4) is 0 Å². The van der Waals surface area contributed by atoms with Crippen LogP contribution in [0.15, 0.2) is 35.2 Å². The van der Waals surface area contributed by atoms with Crippen molar-refractivity contribution in [2.75, 3.05) is 0 Å². The second-order valence-electron chi connectivity index (χ2n) is 6.80. The zero-order valence-corrected chi connectivity index (χ0v) is 17.8. The van der Waals surface area contributed by atoms with E-state index in [1.165, 1.54) is 35.2 Å². The molecule has 0 saturated carbocycles. The van der Waals surface area contributed by atoms with Crippen molar-refractivity contribution in [1.29, 1.82) is 5.41 Å². The Morgan fingerprint density at radius 1 is 1.24 bits per heavy atom. The second-order valence-corrected chi connectivity index (χ2v) is 8.98. The van der Waals surface area contributed by atoms with E-state index in [-0.39, 0.29) is 16.6 Å². The van der Waals surface area contributed by atoms with Crippen molar-refractivity contribution in [3.8, 4) is 5.69 Å². The van der Waals surface area contributed by atoms with Crippen molar-refractivity contribution in [3.63, 3.8) is 0 Å². The second kappa shape index (κ2) is 7.68. The fourth-order valence-corrected chi connectivity index (χ4v) is 5.35. The molecular weight excluding hydrogens is 407 g/mol. The number of Topliss-reactive ketones (excluding diaryl/α,β-unsaturated/α-hetero) is 1. The van der Waals surface area contributed by atoms with Crippen LogP contribution in [-0.4, -0.2) is 25.6 Å². The van der Waals surface area contributed by atoms with E-state index in [9.17, 15) is 9.18 Å². The number of aromatic nitrogens is 3. The van der Waals surface area contributed by atoms with Crippen LogP contribution in [0.5, 0.6) is 0 Å². The van der Waals surface area contributed by atoms with Gasteiger partial charge in [-0.1, -0.05) is 18.7 Å². The molecule has 1 N–H and O–H groups in total. The first-order valence-corrected chi connectivity index (χ1v) is 10.8. The van der Waals surface area contributed by atoms with Crippen LogP contribution in [-0.2, 0) is 11.2 Å². The molecular formula is C21H19FN4OS2. The SMILES string of the molecule is CCc1nnc(C2C(=N)SC(=Cc3cc(C)n(-c4ccc(F)cc4)c3C)C2=O)s1. The van der Waals surface area contributed by atoms with Gasteiger partial charge in [0.1, 0.15) is 21.8 Å². The van der Waals surface area contributed by atoms with Crippen LogP contribution in [0.25, 0.3) is 11.8 Å². The van der Waals surface area contributed by atoms with E-state index in [2.05, 4.69) is 10.2 Å². The first-order valence-electron chi connectivity index (χ1n) is 9.18. The molecule has 1 fully saturated rings. The van der Waals surface area contributed by atoms with E-state index in [0.717, 1.165) is 34.1 Å². The molecule has 0 spiro atoms. The van der Waals surface area contributed by atoms with E-state index >= 15 is 0 Å². The summed E-state index contributed by atoms with van der Waals surface area (Å²) in [6, 6.07) is 8.32. The van der Waals surface area contributed by atoms with Gasteiger partial charge in [-0.05, 0) is 62.2 Å². The Balaban J connectivity index is 1.68. The predicted octanol–water partition coefficient (Wildman–Crippen LogP) is 5.07. The number of hydrogen-bond donors (Lipinski definition) is 1. The Morgan fingerprint density at radius 3 is 2.62 bits per heavy atom. The number of nitrogens with zero attached hydrogens (tertiary/aromatic N) is 3. The highest BCUT2D eigenvalue weighted by Crippen LogP contribution is 2.42. The Labute approximate surface area is 176 Å². The third kappa shape index (κ3) is 3.58. The Hall–Kier alpha value is -2.58. The van der Waals surface area contributed by atoms with Crippen molar-refractivity contribution in [1.82, 2.24) is 14.8 Å². The molecule has 5 nitrogen and oxygen atoms in total. The number of carbonyl (C=O) groups is 1. The number of nitrogens with one attached hydrogen (secondary N) is 1. The quantitative estimate of drug-likeness (QED) is 0.592. The summed E-state index contributed by atoms with van der Waals surface area (Å²) >= 11 is 2.58. The Morgan fingerprint density at radius 2 is 1.97 bits per heavy atom. The van der Waals surface area contributed by atoms with Crippen molar-refractivity contribution in [3.05, 3.63) is 68.0 Å². The zero-order valence-electron chi connectivity index (χ0n) is 16.2. The Bertz CT molecular complexity index is 1140. The summed E-state index contributed by atoms with van der Waals surface area (Å²) in [5.74, 6) is -1.03. The molecule has 2 aromatic heterocycles. The third-order valence-corrected chi connectivity index (χ3v) is 6.99. The minimum atomic E-state index is -0.648. The molecule has 0 bridgehead atoms. The molecule has 0 aliphatic carbocycles. The normalized spacial score (nSPS) is 18.2. The summed E-state index contributed by atoms with van der Waals surface area (Å²) in [4.78, 5) is 13.5. The summed E-state index contributed by atoms with van der Waals surface area (Å²) in [5.41, 5.74) is 3.71. The number of benzene rings is 1. The minimum absolute atomic E-state index is 0.106. The van der Waals surface area contributed by atoms with Crippen LogP contribution >= 0.6 is 23.1 Å². The largest absolute Gasteiger partial charge is 0.318 e. The number of aryl methyl sites for hydroxylation is 2. The van der Waals surface area contributed by atoms with Crippen molar-refractivity contribution in [2.45, 2.75) is 33.1 Å². The first-order chi connectivity index (χ1) is 13.9. The number of allylic oxidation sites excluding steroid dienone is 1. The average molecular weight is 427 g/mol. The zero-order chi connectivity index (χ0) is 20.7. The topological polar surface area (TPSA) is 71.6 Å². The van der Waals surface area contributed by atoms with Gasteiger partial charge in [-0.25, -0.2) is 4.39 Å². The maximum absolute atomic E-state index is 13.3. The van der Waals surface area contributed by atoms with Crippen molar-refractivity contribution in [2.24, 2.45) is 0 Å². The van der Waals surface area contributed by atoms with Gasteiger partial charge in [0.05, 0.1) is 9.95 Å². The van der Waals surface area contributed by atoms with Crippen molar-refractivity contribution < 1.29 is 9.18 Å². The van der Waals surface area contributed by atoms with Gasteiger partial charge in [0.2, 0.25) is 0 Å². The molecule has 1 aliphatic rings. The number of carbonyl (C=O) groups excluding carboxylic acids is 1. The van der Waals surface area contributed by atoms with Gasteiger partial charge in [0.25, 0.3) is 0 Å². The third-order valence-electron chi connectivity index (χ3n) is 4.86. The molecule has 0 amide bonds. The van der Waals surface area contributed by atoms with Gasteiger partial charge in [0.15, 0.2) is 5.78 Å². The van der Waals surface area contributed by atoms with Crippen LogP contribution < -0.4 is 0 Å². The van der Waals surface area contributed by atoms with E-state index in [1.807, 2.05) is 37.5 Å². The maximum Gasteiger partial charge on any atom is 0.186 e. The summed E-state index contributed by atoms with van der Waals surface area (Å²) in [7, 11) is 0. The average Bonchev–Trinajstić information content (AvgIpc) is 3.34. The molecule has 3 aromatic rings.